The van der Waals surface area contributed by atoms with Crippen molar-refractivity contribution >= 4 is 23.5 Å². The van der Waals surface area contributed by atoms with Gasteiger partial charge in [0.25, 0.3) is 0 Å². The number of benzene rings is 2. The average Bonchev–Trinajstić information content (AvgIpc) is 3.05. The van der Waals surface area contributed by atoms with Crippen molar-refractivity contribution < 1.29 is 4.42 Å². The molecule has 0 atom stereocenters. The SMILES string of the molecule is CCN(c1ccccc1)c1ccc(C=Nc2ccc(C)cc2)o1. The molecule has 0 unspecified atom stereocenters. The van der Waals surface area contributed by atoms with Gasteiger partial charge in [0, 0.05) is 18.3 Å². The van der Waals surface area contributed by atoms with Crippen LogP contribution in [0.5, 0.6) is 0 Å². The molecule has 1 heterocycles. The van der Waals surface area contributed by atoms with Crippen molar-refractivity contribution in [1.82, 2.24) is 0 Å². The highest BCUT2D eigenvalue weighted by molar-refractivity contribution is 5.79. The van der Waals surface area contributed by atoms with Gasteiger partial charge in [0.15, 0.2) is 0 Å². The van der Waals surface area contributed by atoms with Crippen molar-refractivity contribution in [1.29, 1.82) is 0 Å². The van der Waals surface area contributed by atoms with Gasteiger partial charge in [0.2, 0.25) is 5.88 Å². The lowest BCUT2D eigenvalue weighted by molar-refractivity contribution is 0.558. The lowest BCUT2D eigenvalue weighted by Crippen LogP contribution is -2.14. The summed E-state index contributed by atoms with van der Waals surface area (Å²) in [5.74, 6) is 1.57. The smallest absolute Gasteiger partial charge is 0.200 e. The zero-order valence-electron chi connectivity index (χ0n) is 13.4. The summed E-state index contributed by atoms with van der Waals surface area (Å²) in [6, 6.07) is 22.2. The molecule has 3 nitrogen and oxygen atoms in total. The molecule has 0 fully saturated rings. The molecule has 3 heteroatoms. The fraction of sp³-hybridized carbons (Fsp3) is 0.150. The van der Waals surface area contributed by atoms with Gasteiger partial charge in [-0.1, -0.05) is 35.9 Å². The van der Waals surface area contributed by atoms with Crippen LogP contribution in [0.3, 0.4) is 0 Å². The van der Waals surface area contributed by atoms with Gasteiger partial charge in [-0.2, -0.15) is 0 Å². The molecule has 23 heavy (non-hydrogen) atoms. The first-order valence-corrected chi connectivity index (χ1v) is 7.79. The Morgan fingerprint density at radius 1 is 0.957 bits per heavy atom. The Bertz CT molecular complexity index is 773. The van der Waals surface area contributed by atoms with Crippen LogP contribution in [-0.4, -0.2) is 12.8 Å². The molecule has 0 spiro atoms. The van der Waals surface area contributed by atoms with Gasteiger partial charge in [-0.3, -0.25) is 4.99 Å². The fourth-order valence-corrected chi connectivity index (χ4v) is 2.40. The molecule has 2 aromatic carbocycles. The average molecular weight is 304 g/mol. The molecule has 116 valence electrons. The monoisotopic (exact) mass is 304 g/mol. The van der Waals surface area contributed by atoms with E-state index in [-0.39, 0.29) is 0 Å². The normalized spacial score (nSPS) is 11.0. The first-order chi connectivity index (χ1) is 11.3. The van der Waals surface area contributed by atoms with Crippen LogP contribution < -0.4 is 4.90 Å². The molecule has 0 aliphatic carbocycles. The molecule has 0 radical (unpaired) electrons. The maximum absolute atomic E-state index is 5.91. The van der Waals surface area contributed by atoms with Crippen molar-refractivity contribution in [3.63, 3.8) is 0 Å². The number of anilines is 2. The minimum absolute atomic E-state index is 0.745. The number of furan rings is 1. The summed E-state index contributed by atoms with van der Waals surface area (Å²) in [6.45, 7) is 5.01. The van der Waals surface area contributed by atoms with Gasteiger partial charge < -0.3 is 9.32 Å². The second-order valence-corrected chi connectivity index (χ2v) is 5.35. The van der Waals surface area contributed by atoms with E-state index in [0.717, 1.165) is 29.6 Å². The topological polar surface area (TPSA) is 28.7 Å². The molecule has 0 N–H and O–H groups in total. The lowest BCUT2D eigenvalue weighted by Gasteiger charge is -2.19. The van der Waals surface area contributed by atoms with Crippen LogP contribution in [0, 0.1) is 6.92 Å². The summed E-state index contributed by atoms with van der Waals surface area (Å²) in [5.41, 5.74) is 3.26. The minimum atomic E-state index is 0.745. The van der Waals surface area contributed by atoms with E-state index >= 15 is 0 Å². The van der Waals surface area contributed by atoms with Gasteiger partial charge in [-0.15, -0.1) is 0 Å². The van der Waals surface area contributed by atoms with Gasteiger partial charge in [-0.05, 0) is 44.2 Å². The lowest BCUT2D eigenvalue weighted by atomic mass is 10.2. The Morgan fingerprint density at radius 2 is 1.70 bits per heavy atom. The number of aryl methyl sites for hydroxylation is 1. The predicted molar refractivity (Wildman–Crippen MR) is 96.3 cm³/mol. The van der Waals surface area contributed by atoms with Crippen molar-refractivity contribution in [2.45, 2.75) is 13.8 Å². The van der Waals surface area contributed by atoms with E-state index in [4.69, 9.17) is 4.42 Å². The molecule has 1 aromatic heterocycles. The van der Waals surface area contributed by atoms with Crippen LogP contribution in [0.15, 0.2) is 76.1 Å². The second-order valence-electron chi connectivity index (χ2n) is 5.35. The summed E-state index contributed by atoms with van der Waals surface area (Å²) in [7, 11) is 0. The van der Waals surface area contributed by atoms with E-state index in [1.807, 2.05) is 42.5 Å². The minimum Gasteiger partial charge on any atom is -0.439 e. The molecule has 0 saturated heterocycles. The number of hydrogen-bond acceptors (Lipinski definition) is 3. The molecular formula is C20H20N2O. The number of nitrogens with zero attached hydrogens (tertiary/aromatic N) is 2. The van der Waals surface area contributed by atoms with Crippen molar-refractivity contribution in [2.24, 2.45) is 4.99 Å². The third-order valence-electron chi connectivity index (χ3n) is 3.64. The van der Waals surface area contributed by atoms with Crippen molar-refractivity contribution in [3.05, 3.63) is 78.1 Å². The third kappa shape index (κ3) is 3.69. The van der Waals surface area contributed by atoms with Gasteiger partial charge >= 0.3 is 0 Å². The van der Waals surface area contributed by atoms with Crippen LogP contribution in [-0.2, 0) is 0 Å². The quantitative estimate of drug-likeness (QED) is 0.583. The highest BCUT2D eigenvalue weighted by Crippen LogP contribution is 2.26. The molecule has 0 aliphatic rings. The number of para-hydroxylation sites is 1. The Morgan fingerprint density at radius 3 is 2.39 bits per heavy atom. The largest absolute Gasteiger partial charge is 0.439 e. The third-order valence-corrected chi connectivity index (χ3v) is 3.64. The molecule has 0 saturated carbocycles. The van der Waals surface area contributed by atoms with E-state index in [1.165, 1.54) is 5.56 Å². The first-order valence-electron chi connectivity index (χ1n) is 7.79. The highest BCUT2D eigenvalue weighted by Gasteiger charge is 2.10. The van der Waals surface area contributed by atoms with Crippen LogP contribution in [0.4, 0.5) is 17.3 Å². The van der Waals surface area contributed by atoms with E-state index in [2.05, 4.69) is 48.0 Å². The van der Waals surface area contributed by atoms with E-state index < -0.39 is 0 Å². The Labute approximate surface area is 136 Å². The Hall–Kier alpha value is -2.81. The molecule has 0 amide bonds. The molecule has 0 aliphatic heterocycles. The van der Waals surface area contributed by atoms with Crippen molar-refractivity contribution in [3.8, 4) is 0 Å². The fourth-order valence-electron chi connectivity index (χ4n) is 2.40. The van der Waals surface area contributed by atoms with Gasteiger partial charge in [0.1, 0.15) is 5.76 Å². The molecule has 3 aromatic rings. The Kier molecular flexibility index (Phi) is 4.57. The maximum atomic E-state index is 5.91. The summed E-state index contributed by atoms with van der Waals surface area (Å²) in [5, 5.41) is 0. The predicted octanol–water partition coefficient (Wildman–Crippen LogP) is 5.50. The van der Waals surface area contributed by atoms with Gasteiger partial charge in [-0.25, -0.2) is 0 Å². The van der Waals surface area contributed by atoms with Crippen LogP contribution >= 0.6 is 0 Å². The van der Waals surface area contributed by atoms with E-state index in [0.29, 0.717) is 0 Å². The zero-order valence-corrected chi connectivity index (χ0v) is 13.4. The number of rotatable bonds is 5. The highest BCUT2D eigenvalue weighted by atomic mass is 16.4. The van der Waals surface area contributed by atoms with Crippen LogP contribution in [0.25, 0.3) is 0 Å². The molecule has 3 rings (SSSR count). The standard InChI is InChI=1S/C20H20N2O/c1-3-22(18-7-5-4-6-8-18)20-14-13-19(23-20)15-21-17-11-9-16(2)10-12-17/h4-15H,3H2,1-2H3. The zero-order chi connectivity index (χ0) is 16.1. The molecular weight excluding hydrogens is 284 g/mol. The van der Waals surface area contributed by atoms with Gasteiger partial charge in [0.05, 0.1) is 11.9 Å². The van der Waals surface area contributed by atoms with Crippen LogP contribution in [0.2, 0.25) is 0 Å². The number of aliphatic imine (C=N–C) groups is 1. The molecule has 0 bridgehead atoms. The number of hydrogen-bond donors (Lipinski definition) is 0. The summed E-state index contributed by atoms with van der Waals surface area (Å²) < 4.78 is 5.91. The van der Waals surface area contributed by atoms with E-state index in [9.17, 15) is 0 Å². The summed E-state index contributed by atoms with van der Waals surface area (Å²) in [4.78, 5) is 6.58. The first kappa shape index (κ1) is 15.1. The van der Waals surface area contributed by atoms with E-state index in [1.54, 1.807) is 6.21 Å². The second kappa shape index (κ2) is 6.97. The summed E-state index contributed by atoms with van der Waals surface area (Å²) >= 11 is 0. The van der Waals surface area contributed by atoms with Crippen molar-refractivity contribution in [2.75, 3.05) is 11.4 Å². The summed E-state index contributed by atoms with van der Waals surface area (Å²) in [6.07, 6.45) is 1.76. The van der Waals surface area contributed by atoms with Crippen LogP contribution in [0.1, 0.15) is 18.2 Å². The maximum Gasteiger partial charge on any atom is 0.200 e. The Balaban J connectivity index is 1.78.